The first-order chi connectivity index (χ1) is 10.7. The molecule has 2 fully saturated rings. The predicted octanol–water partition coefficient (Wildman–Crippen LogP) is 1.01. The van der Waals surface area contributed by atoms with E-state index in [-0.39, 0.29) is 18.1 Å². The number of morpholine rings is 1. The number of hydrogen-bond donors (Lipinski definition) is 0. The lowest BCUT2D eigenvalue weighted by Gasteiger charge is -2.40. The van der Waals surface area contributed by atoms with Crippen LogP contribution in [0.3, 0.4) is 0 Å². The molecule has 1 amide bonds. The molecule has 0 spiro atoms. The van der Waals surface area contributed by atoms with Gasteiger partial charge in [0.05, 0.1) is 31.8 Å². The van der Waals surface area contributed by atoms with E-state index in [0.29, 0.717) is 32.1 Å². The second-order valence-corrected chi connectivity index (χ2v) is 6.22. The molecule has 0 aromatic carbocycles. The normalized spacial score (nSPS) is 29.0. The summed E-state index contributed by atoms with van der Waals surface area (Å²) in [6.07, 6.45) is 5.75. The van der Waals surface area contributed by atoms with Gasteiger partial charge in [0.1, 0.15) is 0 Å². The third-order valence-electron chi connectivity index (χ3n) is 5.04. The Balaban J connectivity index is 1.72. The quantitative estimate of drug-likeness (QED) is 0.833. The van der Waals surface area contributed by atoms with Crippen molar-refractivity contribution in [1.82, 2.24) is 14.7 Å². The van der Waals surface area contributed by atoms with Gasteiger partial charge in [-0.15, -0.1) is 0 Å². The van der Waals surface area contributed by atoms with Gasteiger partial charge in [0.15, 0.2) is 0 Å². The van der Waals surface area contributed by atoms with Crippen LogP contribution in [0.1, 0.15) is 25.0 Å². The van der Waals surface area contributed by atoms with Crippen LogP contribution in [0.5, 0.6) is 0 Å². The highest BCUT2D eigenvalue weighted by Gasteiger charge is 2.40. The minimum atomic E-state index is 0.141. The highest BCUT2D eigenvalue weighted by atomic mass is 16.5. The van der Waals surface area contributed by atoms with Crippen molar-refractivity contribution in [2.24, 2.45) is 13.0 Å². The van der Waals surface area contributed by atoms with E-state index in [4.69, 9.17) is 9.47 Å². The Morgan fingerprint density at radius 2 is 2.36 bits per heavy atom. The number of methoxy groups -OCH3 is 1. The topological polar surface area (TPSA) is 56.6 Å². The molecule has 0 radical (unpaired) electrons. The molecule has 22 heavy (non-hydrogen) atoms. The highest BCUT2D eigenvalue weighted by molar-refractivity contribution is 5.78. The monoisotopic (exact) mass is 307 g/mol. The molecule has 0 N–H and O–H groups in total. The molecule has 0 bridgehead atoms. The second-order valence-electron chi connectivity index (χ2n) is 6.22. The van der Waals surface area contributed by atoms with Crippen LogP contribution in [-0.2, 0) is 27.7 Å². The van der Waals surface area contributed by atoms with Crippen LogP contribution in [0.15, 0.2) is 12.3 Å². The molecule has 3 rings (SSSR count). The summed E-state index contributed by atoms with van der Waals surface area (Å²) in [6.45, 7) is 1.92. The van der Waals surface area contributed by atoms with Gasteiger partial charge < -0.3 is 14.4 Å². The van der Waals surface area contributed by atoms with Crippen molar-refractivity contribution in [2.75, 3.05) is 26.9 Å². The number of nitrogens with zero attached hydrogens (tertiary/aromatic N) is 3. The van der Waals surface area contributed by atoms with Crippen LogP contribution in [-0.4, -0.2) is 59.6 Å². The molecule has 2 aliphatic rings. The van der Waals surface area contributed by atoms with Gasteiger partial charge in [0.25, 0.3) is 0 Å². The average Bonchev–Trinajstić information content (AvgIpc) is 3.16. The zero-order chi connectivity index (χ0) is 15.5. The zero-order valence-corrected chi connectivity index (χ0v) is 13.4. The van der Waals surface area contributed by atoms with E-state index in [1.807, 2.05) is 18.0 Å². The molecular weight excluding hydrogens is 282 g/mol. The molecule has 1 aliphatic heterocycles. The SMILES string of the molecule is CO[C@@H]1CCC[C@H]1[C@H]1COCCN1C(=O)Cc1ccnn1C. The first-order valence-electron chi connectivity index (χ1n) is 8.07. The summed E-state index contributed by atoms with van der Waals surface area (Å²) in [5.41, 5.74) is 0.949. The summed E-state index contributed by atoms with van der Waals surface area (Å²) in [6, 6.07) is 2.04. The number of carbonyl (C=O) groups is 1. The van der Waals surface area contributed by atoms with E-state index in [1.54, 1.807) is 18.0 Å². The van der Waals surface area contributed by atoms with Gasteiger partial charge in [-0.3, -0.25) is 9.48 Å². The van der Waals surface area contributed by atoms with Crippen LogP contribution in [0.4, 0.5) is 0 Å². The van der Waals surface area contributed by atoms with Gasteiger partial charge in [-0.05, 0) is 18.9 Å². The molecule has 1 aromatic heterocycles. The van der Waals surface area contributed by atoms with Crippen molar-refractivity contribution >= 4 is 5.91 Å². The number of amides is 1. The van der Waals surface area contributed by atoms with Crippen LogP contribution >= 0.6 is 0 Å². The zero-order valence-electron chi connectivity index (χ0n) is 13.4. The maximum absolute atomic E-state index is 12.8. The molecule has 122 valence electrons. The fourth-order valence-corrected chi connectivity index (χ4v) is 3.81. The Morgan fingerprint density at radius 3 is 3.09 bits per heavy atom. The van der Waals surface area contributed by atoms with Gasteiger partial charge in [0.2, 0.25) is 5.91 Å². The van der Waals surface area contributed by atoms with Crippen molar-refractivity contribution < 1.29 is 14.3 Å². The van der Waals surface area contributed by atoms with Crippen molar-refractivity contribution in [3.05, 3.63) is 18.0 Å². The van der Waals surface area contributed by atoms with Crippen LogP contribution < -0.4 is 0 Å². The van der Waals surface area contributed by atoms with Crippen LogP contribution in [0, 0.1) is 5.92 Å². The van der Waals surface area contributed by atoms with Gasteiger partial charge in [0, 0.05) is 38.5 Å². The number of aromatic nitrogens is 2. The predicted molar refractivity (Wildman–Crippen MR) is 81.4 cm³/mol. The van der Waals surface area contributed by atoms with Gasteiger partial charge >= 0.3 is 0 Å². The first kappa shape index (κ1) is 15.5. The molecule has 6 nitrogen and oxygen atoms in total. The fraction of sp³-hybridized carbons (Fsp3) is 0.750. The molecule has 6 heteroatoms. The Hall–Kier alpha value is -1.40. The lowest BCUT2D eigenvalue weighted by molar-refractivity contribution is -0.143. The molecule has 1 aliphatic carbocycles. The Kier molecular flexibility index (Phi) is 4.78. The van der Waals surface area contributed by atoms with E-state index in [0.717, 1.165) is 18.5 Å². The molecule has 2 heterocycles. The van der Waals surface area contributed by atoms with Crippen LogP contribution in [0.2, 0.25) is 0 Å². The standard InChI is InChI=1S/C16H25N3O3/c1-18-12(6-7-17-18)10-16(20)19-8-9-22-11-14(19)13-4-3-5-15(13)21-2/h6-7,13-15H,3-5,8-11H2,1-2H3/t13-,14+,15+/m0/s1. The molecule has 3 atom stereocenters. The Bertz CT molecular complexity index is 516. The maximum Gasteiger partial charge on any atom is 0.228 e. The summed E-state index contributed by atoms with van der Waals surface area (Å²) in [5.74, 6) is 0.555. The summed E-state index contributed by atoms with van der Waals surface area (Å²) in [4.78, 5) is 14.8. The molecule has 1 saturated heterocycles. The average molecular weight is 307 g/mol. The van der Waals surface area contributed by atoms with E-state index < -0.39 is 0 Å². The van der Waals surface area contributed by atoms with Crippen molar-refractivity contribution in [3.63, 3.8) is 0 Å². The lowest BCUT2D eigenvalue weighted by atomic mass is 9.93. The van der Waals surface area contributed by atoms with Crippen LogP contribution in [0.25, 0.3) is 0 Å². The van der Waals surface area contributed by atoms with E-state index >= 15 is 0 Å². The highest BCUT2D eigenvalue weighted by Crippen LogP contribution is 2.34. The minimum absolute atomic E-state index is 0.141. The number of aryl methyl sites for hydroxylation is 1. The van der Waals surface area contributed by atoms with Crippen molar-refractivity contribution in [2.45, 2.75) is 37.8 Å². The van der Waals surface area contributed by atoms with Crippen molar-refractivity contribution in [3.8, 4) is 0 Å². The Labute approximate surface area is 131 Å². The van der Waals surface area contributed by atoms with Crippen molar-refractivity contribution in [1.29, 1.82) is 0 Å². The van der Waals surface area contributed by atoms with Gasteiger partial charge in [-0.2, -0.15) is 5.10 Å². The van der Waals surface area contributed by atoms with Gasteiger partial charge in [-0.1, -0.05) is 6.42 Å². The van der Waals surface area contributed by atoms with E-state index in [1.165, 1.54) is 6.42 Å². The summed E-state index contributed by atoms with van der Waals surface area (Å²) < 4.78 is 13.0. The minimum Gasteiger partial charge on any atom is -0.381 e. The van der Waals surface area contributed by atoms with E-state index in [9.17, 15) is 4.79 Å². The molecule has 1 aromatic rings. The molecular formula is C16H25N3O3. The number of carbonyl (C=O) groups excluding carboxylic acids is 1. The first-order valence-corrected chi connectivity index (χ1v) is 8.07. The second kappa shape index (κ2) is 6.79. The van der Waals surface area contributed by atoms with Gasteiger partial charge in [-0.25, -0.2) is 0 Å². The number of rotatable bonds is 4. The van der Waals surface area contributed by atoms with E-state index in [2.05, 4.69) is 5.10 Å². The molecule has 1 saturated carbocycles. The largest absolute Gasteiger partial charge is 0.381 e. The maximum atomic E-state index is 12.8. The summed E-state index contributed by atoms with van der Waals surface area (Å²) >= 11 is 0. The smallest absolute Gasteiger partial charge is 0.228 e. The number of hydrogen-bond acceptors (Lipinski definition) is 4. The fourth-order valence-electron chi connectivity index (χ4n) is 3.81. The lowest BCUT2D eigenvalue weighted by Crippen LogP contribution is -2.54. The third-order valence-corrected chi connectivity index (χ3v) is 5.04. The Morgan fingerprint density at radius 1 is 1.50 bits per heavy atom. The number of ether oxygens (including phenoxy) is 2. The summed E-state index contributed by atoms with van der Waals surface area (Å²) in [5, 5.41) is 4.14. The summed E-state index contributed by atoms with van der Waals surface area (Å²) in [7, 11) is 3.64. The third kappa shape index (κ3) is 3.03. The molecule has 0 unspecified atom stereocenters.